The number of rotatable bonds is 8. The number of nitrogens with zero attached hydrogens (tertiary/aromatic N) is 2. The number of hydrogen-bond donors (Lipinski definition) is 1. The summed E-state index contributed by atoms with van der Waals surface area (Å²) in [4.78, 5) is 28.7. The van der Waals surface area contributed by atoms with E-state index in [1.807, 2.05) is 24.1 Å². The molecule has 6 nitrogen and oxygen atoms in total. The van der Waals surface area contributed by atoms with Crippen LogP contribution >= 0.6 is 11.3 Å². The van der Waals surface area contributed by atoms with Crippen LogP contribution < -0.4 is 5.32 Å². The minimum atomic E-state index is -0.183. The minimum absolute atomic E-state index is 0.0178. The third-order valence-corrected chi connectivity index (χ3v) is 5.10. The Morgan fingerprint density at radius 3 is 2.75 bits per heavy atom. The van der Waals surface area contributed by atoms with Crippen molar-refractivity contribution in [2.75, 3.05) is 33.4 Å². The number of thiophene rings is 1. The second kappa shape index (κ2) is 9.15. The lowest BCUT2D eigenvalue weighted by Crippen LogP contribution is -2.45. The maximum atomic E-state index is 12.9. The van der Waals surface area contributed by atoms with E-state index in [0.29, 0.717) is 26.1 Å². The van der Waals surface area contributed by atoms with Gasteiger partial charge in [-0.05, 0) is 42.7 Å². The van der Waals surface area contributed by atoms with Crippen molar-refractivity contribution in [1.29, 1.82) is 0 Å². The molecule has 2 atom stereocenters. The number of ether oxygens (including phenoxy) is 1. The van der Waals surface area contributed by atoms with E-state index in [2.05, 4.69) is 21.7 Å². The lowest BCUT2D eigenvalue weighted by molar-refractivity contribution is -0.135. The van der Waals surface area contributed by atoms with Gasteiger partial charge in [-0.2, -0.15) is 11.3 Å². The van der Waals surface area contributed by atoms with Crippen LogP contribution in [0.25, 0.3) is 0 Å². The van der Waals surface area contributed by atoms with Gasteiger partial charge in [0.15, 0.2) is 0 Å². The van der Waals surface area contributed by atoms with Crippen molar-refractivity contribution in [2.24, 2.45) is 0 Å². The second-order valence-electron chi connectivity index (χ2n) is 6.02. The Labute approximate surface area is 147 Å². The van der Waals surface area contributed by atoms with Crippen molar-refractivity contribution in [2.45, 2.75) is 38.9 Å². The molecule has 0 aliphatic carbocycles. The molecule has 0 spiro atoms. The molecule has 0 unspecified atom stereocenters. The lowest BCUT2D eigenvalue weighted by Gasteiger charge is -2.28. The van der Waals surface area contributed by atoms with E-state index >= 15 is 0 Å². The van der Waals surface area contributed by atoms with Gasteiger partial charge in [0.25, 0.3) is 0 Å². The molecule has 7 heteroatoms. The van der Waals surface area contributed by atoms with Gasteiger partial charge in [0, 0.05) is 39.3 Å². The third kappa shape index (κ3) is 4.78. The zero-order valence-corrected chi connectivity index (χ0v) is 15.5. The van der Waals surface area contributed by atoms with Crippen LogP contribution in [0.15, 0.2) is 16.8 Å². The van der Waals surface area contributed by atoms with Crippen LogP contribution in [0.5, 0.6) is 0 Å². The molecule has 2 heterocycles. The summed E-state index contributed by atoms with van der Waals surface area (Å²) in [5.74, 6) is 0.0210. The topological polar surface area (TPSA) is 61.9 Å². The fraction of sp³-hybridized carbons (Fsp3) is 0.647. The second-order valence-corrected chi connectivity index (χ2v) is 6.80. The highest BCUT2D eigenvalue weighted by Crippen LogP contribution is 2.23. The number of likely N-dealkylation sites (tertiary alicyclic amines) is 1. The summed E-state index contributed by atoms with van der Waals surface area (Å²) in [5, 5.41) is 7.13. The summed E-state index contributed by atoms with van der Waals surface area (Å²) < 4.78 is 4.87. The van der Waals surface area contributed by atoms with E-state index in [4.69, 9.17) is 4.74 Å². The van der Waals surface area contributed by atoms with Crippen LogP contribution in [0, 0.1) is 0 Å². The van der Waals surface area contributed by atoms with E-state index in [1.54, 1.807) is 11.3 Å². The molecule has 1 aromatic rings. The Hall–Kier alpha value is -1.44. The van der Waals surface area contributed by atoms with E-state index in [1.165, 1.54) is 12.7 Å². The smallest absolute Gasteiger partial charge is 0.246 e. The fourth-order valence-corrected chi connectivity index (χ4v) is 3.86. The summed E-state index contributed by atoms with van der Waals surface area (Å²) in [6.07, 6.45) is 0.648. The van der Waals surface area contributed by atoms with Crippen LogP contribution in [-0.2, 0) is 20.9 Å². The Bertz CT molecular complexity index is 531. The largest absolute Gasteiger partial charge is 0.375 e. The fourth-order valence-electron chi connectivity index (χ4n) is 3.20. The van der Waals surface area contributed by atoms with E-state index in [-0.39, 0.29) is 30.5 Å². The number of hydrogen-bond acceptors (Lipinski definition) is 5. The van der Waals surface area contributed by atoms with Gasteiger partial charge in [-0.1, -0.05) is 0 Å². The molecule has 134 valence electrons. The van der Waals surface area contributed by atoms with Gasteiger partial charge in [0.05, 0.1) is 6.04 Å². The van der Waals surface area contributed by atoms with Crippen LogP contribution in [-0.4, -0.2) is 67.0 Å². The molecule has 1 N–H and O–H groups in total. The Morgan fingerprint density at radius 2 is 2.17 bits per heavy atom. The zero-order valence-electron chi connectivity index (χ0n) is 14.7. The van der Waals surface area contributed by atoms with Crippen molar-refractivity contribution in [3.05, 3.63) is 22.4 Å². The van der Waals surface area contributed by atoms with E-state index < -0.39 is 0 Å². The normalized spacial score (nSPS) is 21.0. The maximum Gasteiger partial charge on any atom is 0.246 e. The average Bonchev–Trinajstić information content (AvgIpc) is 3.19. The van der Waals surface area contributed by atoms with Crippen LogP contribution in [0.2, 0.25) is 0 Å². The monoisotopic (exact) mass is 353 g/mol. The molecular formula is C17H27N3O3S. The molecule has 1 fully saturated rings. The number of carbonyl (C=O) groups excluding carboxylic acids is 2. The summed E-state index contributed by atoms with van der Waals surface area (Å²) in [6, 6.07) is 1.88. The van der Waals surface area contributed by atoms with E-state index in [0.717, 1.165) is 6.54 Å². The quantitative estimate of drug-likeness (QED) is 0.766. The molecule has 0 bridgehead atoms. The van der Waals surface area contributed by atoms with Crippen molar-refractivity contribution >= 4 is 23.2 Å². The van der Waals surface area contributed by atoms with Gasteiger partial charge in [-0.3, -0.25) is 14.5 Å². The standard InChI is InChI=1S/C17H27N3O3S/c1-4-19(5-2)17(22)15-8-14(18-16(21)11-23-3)10-20(15)9-13-6-7-24-12-13/h6-7,12,14-15H,4-5,8-11H2,1-3H3,(H,18,21)/t14-,15-/m0/s1. The first-order chi connectivity index (χ1) is 11.6. The van der Waals surface area contributed by atoms with Crippen LogP contribution in [0.1, 0.15) is 25.8 Å². The summed E-state index contributed by atoms with van der Waals surface area (Å²) >= 11 is 1.66. The first-order valence-electron chi connectivity index (χ1n) is 8.41. The maximum absolute atomic E-state index is 12.9. The molecular weight excluding hydrogens is 326 g/mol. The number of amides is 2. The molecule has 1 aromatic heterocycles. The van der Waals surface area contributed by atoms with E-state index in [9.17, 15) is 9.59 Å². The van der Waals surface area contributed by atoms with Gasteiger partial charge in [-0.15, -0.1) is 0 Å². The lowest BCUT2D eigenvalue weighted by atomic mass is 10.1. The first kappa shape index (κ1) is 18.9. The number of likely N-dealkylation sites (N-methyl/N-ethyl adjacent to an activating group) is 1. The van der Waals surface area contributed by atoms with Gasteiger partial charge in [-0.25, -0.2) is 0 Å². The summed E-state index contributed by atoms with van der Waals surface area (Å²) in [5.41, 5.74) is 1.21. The first-order valence-corrected chi connectivity index (χ1v) is 9.35. The number of methoxy groups -OCH3 is 1. The molecule has 0 radical (unpaired) electrons. The minimum Gasteiger partial charge on any atom is -0.375 e. The highest BCUT2D eigenvalue weighted by atomic mass is 32.1. The molecule has 1 saturated heterocycles. The summed E-state index contributed by atoms with van der Waals surface area (Å²) in [6.45, 7) is 6.88. The molecule has 0 aromatic carbocycles. The van der Waals surface area contributed by atoms with Crippen molar-refractivity contribution < 1.29 is 14.3 Å². The third-order valence-electron chi connectivity index (χ3n) is 4.37. The molecule has 1 aliphatic rings. The average molecular weight is 353 g/mol. The molecule has 2 rings (SSSR count). The predicted octanol–water partition coefficient (Wildman–Crippen LogP) is 1.32. The van der Waals surface area contributed by atoms with Gasteiger partial charge in [0.2, 0.25) is 11.8 Å². The SMILES string of the molecule is CCN(CC)C(=O)[C@@H]1C[C@H](NC(=O)COC)CN1Cc1ccsc1. The van der Waals surface area contributed by atoms with Crippen molar-refractivity contribution in [1.82, 2.24) is 15.1 Å². The van der Waals surface area contributed by atoms with Crippen LogP contribution in [0.4, 0.5) is 0 Å². The van der Waals surface area contributed by atoms with Crippen molar-refractivity contribution in [3.8, 4) is 0 Å². The number of carbonyl (C=O) groups is 2. The molecule has 2 amide bonds. The molecule has 1 aliphatic heterocycles. The number of nitrogens with one attached hydrogen (secondary N) is 1. The molecule has 0 saturated carbocycles. The van der Waals surface area contributed by atoms with Gasteiger partial charge < -0.3 is 15.0 Å². The van der Waals surface area contributed by atoms with Gasteiger partial charge >= 0.3 is 0 Å². The van der Waals surface area contributed by atoms with Crippen molar-refractivity contribution in [3.63, 3.8) is 0 Å². The summed E-state index contributed by atoms with van der Waals surface area (Å²) in [7, 11) is 1.50. The Balaban J connectivity index is 2.07. The predicted molar refractivity (Wildman–Crippen MR) is 94.9 cm³/mol. The highest BCUT2D eigenvalue weighted by molar-refractivity contribution is 7.07. The van der Waals surface area contributed by atoms with Crippen LogP contribution in [0.3, 0.4) is 0 Å². The highest BCUT2D eigenvalue weighted by Gasteiger charge is 2.38. The van der Waals surface area contributed by atoms with Gasteiger partial charge in [0.1, 0.15) is 6.61 Å². The molecule has 24 heavy (non-hydrogen) atoms. The Kier molecular flexibility index (Phi) is 7.20. The Morgan fingerprint density at radius 1 is 1.42 bits per heavy atom. The zero-order chi connectivity index (χ0) is 17.5.